The Morgan fingerprint density at radius 2 is 0.878 bits per heavy atom. The summed E-state index contributed by atoms with van der Waals surface area (Å²) in [6, 6.07) is 27.0. The van der Waals surface area contributed by atoms with E-state index in [1.807, 2.05) is 30.3 Å². The summed E-state index contributed by atoms with van der Waals surface area (Å²) in [7, 11) is 3.35. The lowest BCUT2D eigenvalue weighted by Gasteiger charge is -2.36. The number of hydrogen-bond acceptors (Lipinski definition) is 9. The average molecular weight is 571 g/mol. The summed E-state index contributed by atoms with van der Waals surface area (Å²) in [5, 5.41) is 8.15. The predicted molar refractivity (Wildman–Crippen MR) is 155 cm³/mol. The maximum atomic E-state index is 8.15. The first kappa shape index (κ1) is 32.5. The predicted octanol–water partition coefficient (Wildman–Crippen LogP) is 4.96. The molecule has 0 unspecified atom stereocenters. The van der Waals surface area contributed by atoms with Crippen molar-refractivity contribution in [3.8, 4) is 11.5 Å². The summed E-state index contributed by atoms with van der Waals surface area (Å²) >= 11 is 0. The van der Waals surface area contributed by atoms with Crippen LogP contribution >= 0.6 is 0 Å². The van der Waals surface area contributed by atoms with Gasteiger partial charge in [0, 0.05) is 12.0 Å². The molecule has 3 aromatic carbocycles. The van der Waals surface area contributed by atoms with Crippen molar-refractivity contribution < 1.29 is 43.3 Å². The second-order valence-electron chi connectivity index (χ2n) is 9.08. The molecule has 0 aliphatic carbocycles. The van der Waals surface area contributed by atoms with Gasteiger partial charge in [-0.25, -0.2) is 10.1 Å². The average Bonchev–Trinajstić information content (AvgIpc) is 3.03. The Labute approximate surface area is 242 Å². The molecule has 1 N–H and O–H groups in total. The second kappa shape index (κ2) is 19.2. The van der Waals surface area contributed by atoms with Crippen molar-refractivity contribution in [3.05, 3.63) is 95.6 Å². The van der Waals surface area contributed by atoms with Crippen LogP contribution in [-0.2, 0) is 34.0 Å². The van der Waals surface area contributed by atoms with Gasteiger partial charge in [-0.3, -0.25) is 0 Å². The molecule has 0 heterocycles. The van der Waals surface area contributed by atoms with Crippen LogP contribution in [0.1, 0.15) is 23.1 Å². The zero-order valence-electron chi connectivity index (χ0n) is 24.0. The zero-order chi connectivity index (χ0) is 29.0. The highest BCUT2D eigenvalue weighted by Crippen LogP contribution is 2.43. The number of methoxy groups -OCH3 is 2. The summed E-state index contributed by atoms with van der Waals surface area (Å²) in [5.74, 6) is 1.63. The molecule has 3 aromatic rings. The molecule has 0 radical (unpaired) electrons. The molecule has 0 amide bonds. The monoisotopic (exact) mass is 570 g/mol. The Hall–Kier alpha value is -3.02. The minimum atomic E-state index is -0.435. The maximum Gasteiger partial charge on any atom is 0.180 e. The van der Waals surface area contributed by atoms with Gasteiger partial charge < -0.3 is 33.2 Å². The molecule has 0 bridgehead atoms. The standard InChI is InChI=1S/C32H42O9/c1-34-30-12-8-28(9-13-30)32(27-6-4-3-5-7-27,29-10-14-31(35-2)15-11-29)16-17-36-18-19-37-20-21-38-22-23-39-24-25-40-26-41-33/h3-15,33H,16-26H2,1-2H3. The van der Waals surface area contributed by atoms with Gasteiger partial charge in [-0.05, 0) is 47.4 Å². The molecule has 41 heavy (non-hydrogen) atoms. The fourth-order valence-corrected chi connectivity index (χ4v) is 4.61. The largest absolute Gasteiger partial charge is 0.497 e. The highest BCUT2D eigenvalue weighted by atomic mass is 17.1. The third-order valence-electron chi connectivity index (χ3n) is 6.68. The first-order chi connectivity index (χ1) is 20.2. The summed E-state index contributed by atoms with van der Waals surface area (Å²) in [5.41, 5.74) is 3.06. The van der Waals surface area contributed by atoms with Crippen LogP contribution in [0.5, 0.6) is 11.5 Å². The second-order valence-corrected chi connectivity index (χ2v) is 9.08. The Morgan fingerprint density at radius 1 is 0.488 bits per heavy atom. The third-order valence-corrected chi connectivity index (χ3v) is 6.68. The Kier molecular flexibility index (Phi) is 15.2. The van der Waals surface area contributed by atoms with Gasteiger partial charge in [-0.1, -0.05) is 54.6 Å². The van der Waals surface area contributed by atoms with E-state index in [1.165, 1.54) is 5.56 Å². The van der Waals surface area contributed by atoms with E-state index in [0.717, 1.165) is 29.0 Å². The van der Waals surface area contributed by atoms with Crippen molar-refractivity contribution in [1.29, 1.82) is 0 Å². The number of hydrogen-bond donors (Lipinski definition) is 1. The Morgan fingerprint density at radius 3 is 1.29 bits per heavy atom. The van der Waals surface area contributed by atoms with E-state index in [2.05, 4.69) is 53.4 Å². The molecule has 0 fully saturated rings. The van der Waals surface area contributed by atoms with Gasteiger partial charge in [-0.15, -0.1) is 0 Å². The van der Waals surface area contributed by atoms with Crippen molar-refractivity contribution in [2.24, 2.45) is 0 Å². The van der Waals surface area contributed by atoms with Crippen LogP contribution in [0.25, 0.3) is 0 Å². The number of ether oxygens (including phenoxy) is 7. The minimum absolute atomic E-state index is 0.167. The third kappa shape index (κ3) is 10.4. The van der Waals surface area contributed by atoms with Gasteiger partial charge in [0.25, 0.3) is 0 Å². The molecule has 0 saturated heterocycles. The van der Waals surface area contributed by atoms with E-state index < -0.39 is 5.41 Å². The zero-order valence-corrected chi connectivity index (χ0v) is 24.0. The molecule has 9 heteroatoms. The molecular weight excluding hydrogens is 528 g/mol. The Bertz CT molecular complexity index is 1010. The van der Waals surface area contributed by atoms with Crippen molar-refractivity contribution >= 4 is 0 Å². The van der Waals surface area contributed by atoms with Gasteiger partial charge in [-0.2, -0.15) is 0 Å². The van der Waals surface area contributed by atoms with Crippen LogP contribution in [0.3, 0.4) is 0 Å². The highest BCUT2D eigenvalue weighted by Gasteiger charge is 2.36. The van der Waals surface area contributed by atoms with Crippen LogP contribution in [0, 0.1) is 0 Å². The van der Waals surface area contributed by atoms with Crippen LogP contribution in [0.2, 0.25) is 0 Å². The lowest BCUT2D eigenvalue weighted by molar-refractivity contribution is -0.297. The fourth-order valence-electron chi connectivity index (χ4n) is 4.61. The van der Waals surface area contributed by atoms with E-state index in [-0.39, 0.29) is 6.79 Å². The van der Waals surface area contributed by atoms with E-state index in [0.29, 0.717) is 59.5 Å². The van der Waals surface area contributed by atoms with Crippen molar-refractivity contribution in [3.63, 3.8) is 0 Å². The van der Waals surface area contributed by atoms with Crippen molar-refractivity contribution in [2.45, 2.75) is 11.8 Å². The lowest BCUT2D eigenvalue weighted by Crippen LogP contribution is -2.31. The first-order valence-electron chi connectivity index (χ1n) is 13.7. The van der Waals surface area contributed by atoms with Crippen LogP contribution in [-0.4, -0.2) is 85.7 Å². The first-order valence-corrected chi connectivity index (χ1v) is 13.7. The minimum Gasteiger partial charge on any atom is -0.497 e. The maximum absolute atomic E-state index is 8.15. The van der Waals surface area contributed by atoms with Gasteiger partial charge in [0.15, 0.2) is 6.79 Å². The smallest absolute Gasteiger partial charge is 0.180 e. The summed E-state index contributed by atoms with van der Waals surface area (Å²) in [4.78, 5) is 3.81. The molecule has 0 aromatic heterocycles. The van der Waals surface area contributed by atoms with Crippen LogP contribution < -0.4 is 9.47 Å². The summed E-state index contributed by atoms with van der Waals surface area (Å²) < 4.78 is 38.3. The SMILES string of the molecule is COc1ccc(C(CCOCCOCCOCCOCCOCOO)(c2ccccc2)c2ccc(OC)cc2)cc1. The Balaban J connectivity index is 1.52. The van der Waals surface area contributed by atoms with Crippen LogP contribution in [0.15, 0.2) is 78.9 Å². The summed E-state index contributed by atoms with van der Waals surface area (Å²) in [6.45, 7) is 3.96. The number of benzene rings is 3. The molecule has 3 rings (SSSR count). The van der Waals surface area contributed by atoms with E-state index >= 15 is 0 Å². The highest BCUT2D eigenvalue weighted by molar-refractivity contribution is 5.52. The topological polar surface area (TPSA) is 94.1 Å². The molecule has 0 aliphatic heterocycles. The van der Waals surface area contributed by atoms with Crippen LogP contribution in [0.4, 0.5) is 0 Å². The quantitative estimate of drug-likeness (QED) is 0.0592. The van der Waals surface area contributed by atoms with Crippen molar-refractivity contribution in [2.75, 3.05) is 80.5 Å². The molecule has 224 valence electrons. The van der Waals surface area contributed by atoms with E-state index in [1.54, 1.807) is 14.2 Å². The molecule has 0 atom stereocenters. The molecular formula is C32H42O9. The molecule has 0 aliphatic rings. The molecule has 0 spiro atoms. The van der Waals surface area contributed by atoms with E-state index in [9.17, 15) is 0 Å². The number of rotatable bonds is 22. The summed E-state index contributed by atoms with van der Waals surface area (Å²) in [6.07, 6.45) is 0.733. The lowest BCUT2D eigenvalue weighted by atomic mass is 9.67. The van der Waals surface area contributed by atoms with E-state index in [4.69, 9.17) is 38.4 Å². The van der Waals surface area contributed by atoms with Gasteiger partial charge >= 0.3 is 0 Å². The van der Waals surface area contributed by atoms with Gasteiger partial charge in [0.1, 0.15) is 11.5 Å². The van der Waals surface area contributed by atoms with Crippen molar-refractivity contribution in [1.82, 2.24) is 0 Å². The molecule has 9 nitrogen and oxygen atoms in total. The fraction of sp³-hybridized carbons (Fsp3) is 0.438. The van der Waals surface area contributed by atoms with Gasteiger partial charge in [0.05, 0.1) is 67.1 Å². The molecule has 0 saturated carbocycles. The van der Waals surface area contributed by atoms with Gasteiger partial charge in [0.2, 0.25) is 0 Å². The normalized spacial score (nSPS) is 11.5.